The van der Waals surface area contributed by atoms with E-state index in [2.05, 4.69) is 49.5 Å². The predicted molar refractivity (Wildman–Crippen MR) is 217 cm³/mol. The van der Waals surface area contributed by atoms with E-state index in [1.165, 1.54) is 4.90 Å². The van der Waals surface area contributed by atoms with Gasteiger partial charge in [0.2, 0.25) is 11.8 Å². The predicted octanol–water partition coefficient (Wildman–Crippen LogP) is 7.10. The number of aliphatic hydroxyl groups excluding tert-OH is 1. The summed E-state index contributed by atoms with van der Waals surface area (Å²) in [6.45, 7) is 20.2. The summed E-state index contributed by atoms with van der Waals surface area (Å²) in [5, 5.41) is 14.6. The average Bonchev–Trinajstić information content (AvgIpc) is 3.50. The molecular weight excluding hydrogens is 740 g/mol. The Balaban J connectivity index is 1.50. The van der Waals surface area contributed by atoms with Gasteiger partial charge in [0, 0.05) is 31.7 Å². The summed E-state index contributed by atoms with van der Waals surface area (Å²) >= 11 is 1.56. The first-order valence-corrected chi connectivity index (χ1v) is 23.7. The number of carbonyl (C=O) groups excluding carboxylic acids is 3. The maximum absolute atomic E-state index is 14.8. The number of aryl methyl sites for hydroxylation is 1. The molecule has 3 N–H and O–H groups in total. The van der Waals surface area contributed by atoms with E-state index < -0.39 is 43.3 Å². The van der Waals surface area contributed by atoms with Gasteiger partial charge in [-0.3, -0.25) is 14.4 Å². The maximum atomic E-state index is 14.8. The summed E-state index contributed by atoms with van der Waals surface area (Å²) < 4.78 is 33.3. The number of halogens is 1. The monoisotopic (exact) mass is 804 g/mol. The smallest absolute Gasteiger partial charge is 0.258 e. The summed E-state index contributed by atoms with van der Waals surface area (Å²) in [4.78, 5) is 48.5. The Bertz CT molecular complexity index is 1600. The maximum Gasteiger partial charge on any atom is 0.258 e. The van der Waals surface area contributed by atoms with Crippen LogP contribution in [-0.2, 0) is 30.1 Å². The molecule has 2 aliphatic rings. The Labute approximate surface area is 332 Å². The van der Waals surface area contributed by atoms with Crippen molar-refractivity contribution in [2.24, 2.45) is 5.41 Å². The lowest BCUT2D eigenvalue weighted by atomic mass is 9.85. The zero-order valence-electron chi connectivity index (χ0n) is 34.5. The number of aliphatic hydroxyl groups is 1. The average molecular weight is 805 g/mol. The largest absolute Gasteiger partial charge is 0.493 e. The molecule has 1 saturated heterocycles. The number of alkyl halides is 1. The van der Waals surface area contributed by atoms with E-state index in [-0.39, 0.29) is 49.6 Å². The van der Waals surface area contributed by atoms with Crippen molar-refractivity contribution >= 4 is 37.4 Å². The molecule has 0 radical (unpaired) electrons. The normalized spacial score (nSPS) is 18.9. The van der Waals surface area contributed by atoms with E-state index >= 15 is 0 Å². The third kappa shape index (κ3) is 12.3. The number of hydrogen-bond donors (Lipinski definition) is 3. The van der Waals surface area contributed by atoms with Gasteiger partial charge in [0.25, 0.3) is 5.91 Å². The van der Waals surface area contributed by atoms with Crippen LogP contribution in [0.4, 0.5) is 4.39 Å². The molecule has 11 nitrogen and oxygen atoms in total. The minimum atomic E-state index is -2.27. The number of thiazole rings is 1. The van der Waals surface area contributed by atoms with E-state index in [1.54, 1.807) is 11.3 Å². The number of ether oxygens (including phenoxy) is 2. The number of nitrogens with zero attached hydrogens (tertiary/aromatic N) is 2. The summed E-state index contributed by atoms with van der Waals surface area (Å²) in [5.41, 5.74) is 1.87. The Morgan fingerprint density at radius 2 is 1.73 bits per heavy atom. The zero-order valence-corrected chi connectivity index (χ0v) is 36.3. The second kappa shape index (κ2) is 19.0. The third-order valence-corrected chi connectivity index (χ3v) is 16.6. The number of amides is 3. The third-order valence-electron chi connectivity index (χ3n) is 11.1. The van der Waals surface area contributed by atoms with Gasteiger partial charge in [-0.05, 0) is 67.8 Å². The van der Waals surface area contributed by atoms with Crippen molar-refractivity contribution in [2.45, 2.75) is 148 Å². The number of hydrogen-bond acceptors (Lipinski definition) is 9. The highest BCUT2D eigenvalue weighted by Crippen LogP contribution is 2.41. The van der Waals surface area contributed by atoms with E-state index in [9.17, 15) is 18.8 Å². The van der Waals surface area contributed by atoms with E-state index in [1.807, 2.05) is 51.4 Å². The van der Waals surface area contributed by atoms with Crippen molar-refractivity contribution < 1.29 is 37.8 Å². The van der Waals surface area contributed by atoms with Crippen LogP contribution in [0.1, 0.15) is 104 Å². The topological polar surface area (TPSA) is 139 Å². The van der Waals surface area contributed by atoms with Gasteiger partial charge >= 0.3 is 0 Å². The van der Waals surface area contributed by atoms with Crippen LogP contribution in [0.2, 0.25) is 18.1 Å². The number of likely N-dealkylation sites (tertiary alicyclic amines) is 1. The van der Waals surface area contributed by atoms with Crippen molar-refractivity contribution in [3.63, 3.8) is 0 Å². The number of carbonyl (C=O) groups is 3. The molecule has 55 heavy (non-hydrogen) atoms. The first-order chi connectivity index (χ1) is 25.8. The molecule has 0 bridgehead atoms. The second-order valence-electron chi connectivity index (χ2n) is 17.7. The molecular formula is C41H65FN4O7SSi. The number of rotatable bonds is 20. The lowest BCUT2D eigenvalue weighted by Gasteiger charge is -2.38. The van der Waals surface area contributed by atoms with Crippen LogP contribution in [0.15, 0.2) is 23.7 Å². The van der Waals surface area contributed by atoms with Gasteiger partial charge in [0.05, 0.1) is 42.0 Å². The molecule has 2 fully saturated rings. The van der Waals surface area contributed by atoms with Gasteiger partial charge in [-0.1, -0.05) is 72.9 Å². The van der Waals surface area contributed by atoms with E-state index in [0.717, 1.165) is 53.8 Å². The first-order valence-electron chi connectivity index (χ1n) is 19.9. The van der Waals surface area contributed by atoms with Crippen molar-refractivity contribution in [3.8, 4) is 16.2 Å². The van der Waals surface area contributed by atoms with Gasteiger partial charge in [-0.25, -0.2) is 9.37 Å². The highest BCUT2D eigenvalue weighted by Gasteiger charge is 2.54. The fourth-order valence-corrected chi connectivity index (χ4v) is 8.58. The summed E-state index contributed by atoms with van der Waals surface area (Å²) in [6.07, 6.45) is 5.15. The minimum Gasteiger partial charge on any atom is -0.493 e. The summed E-state index contributed by atoms with van der Waals surface area (Å²) in [7, 11) is -2.27. The molecule has 3 atom stereocenters. The molecule has 2 heterocycles. The van der Waals surface area contributed by atoms with Crippen LogP contribution in [0, 0.1) is 12.3 Å². The summed E-state index contributed by atoms with van der Waals surface area (Å²) in [6, 6.07) is 4.10. The van der Waals surface area contributed by atoms with E-state index in [4.69, 9.17) is 19.0 Å². The Kier molecular flexibility index (Phi) is 15.5. The Hall–Kier alpha value is -2.91. The quantitative estimate of drug-likeness (QED) is 0.0953. The first kappa shape index (κ1) is 44.8. The molecule has 1 saturated carbocycles. The van der Waals surface area contributed by atoms with Crippen LogP contribution in [0.5, 0.6) is 5.75 Å². The van der Waals surface area contributed by atoms with Gasteiger partial charge < -0.3 is 34.5 Å². The van der Waals surface area contributed by atoms with Gasteiger partial charge in [-0.2, -0.15) is 0 Å². The van der Waals surface area contributed by atoms with E-state index in [0.29, 0.717) is 32.0 Å². The fourth-order valence-electron chi connectivity index (χ4n) is 6.42. The van der Waals surface area contributed by atoms with Gasteiger partial charge in [0.15, 0.2) is 14.0 Å². The standard InChI is InChI=1S/C41H65FN4O7SSi/c1-28-34(54-27-44-28)29-15-16-30(33(23-29)52-21-14-12-10-11-13-20-51-22-19-47)25-43-36(48)32-24-31(53-55(8,9)40(5,6)7)26-46(32)37(49)35(39(2,3)4)45-38(50)41(42)17-18-41/h15-16,23,27,31-32,35,47H,10-14,17-22,24-26H2,1-9H3,(H,43,48)(H,45,50)/t31-,32+,35-/m1/s1. The number of aromatic nitrogens is 1. The van der Waals surface area contributed by atoms with Crippen LogP contribution in [0.3, 0.4) is 0 Å². The lowest BCUT2D eigenvalue weighted by Crippen LogP contribution is -2.59. The molecule has 1 aliphatic carbocycles. The molecule has 0 unspecified atom stereocenters. The van der Waals surface area contributed by atoms with Gasteiger partial charge in [0.1, 0.15) is 17.8 Å². The van der Waals surface area contributed by atoms with Gasteiger partial charge in [-0.15, -0.1) is 11.3 Å². The molecule has 0 spiro atoms. The molecule has 1 aromatic carbocycles. The van der Waals surface area contributed by atoms with Crippen molar-refractivity contribution in [1.29, 1.82) is 0 Å². The molecule has 4 rings (SSSR count). The van der Waals surface area contributed by atoms with Crippen LogP contribution >= 0.6 is 11.3 Å². The van der Waals surface area contributed by atoms with Crippen LogP contribution in [-0.4, -0.2) is 97.9 Å². The number of nitrogens with one attached hydrogen (secondary N) is 2. The molecule has 1 aliphatic heterocycles. The molecule has 308 valence electrons. The fraction of sp³-hybridized carbons (Fsp3) is 0.707. The van der Waals surface area contributed by atoms with Crippen molar-refractivity contribution in [3.05, 3.63) is 35.0 Å². The van der Waals surface area contributed by atoms with Crippen LogP contribution < -0.4 is 15.4 Å². The molecule has 3 amide bonds. The lowest BCUT2D eigenvalue weighted by molar-refractivity contribution is -0.145. The van der Waals surface area contributed by atoms with Crippen LogP contribution in [0.25, 0.3) is 10.4 Å². The molecule has 1 aromatic heterocycles. The highest BCUT2D eigenvalue weighted by molar-refractivity contribution is 7.13. The van der Waals surface area contributed by atoms with Crippen molar-refractivity contribution in [1.82, 2.24) is 20.5 Å². The second-order valence-corrected chi connectivity index (χ2v) is 23.4. The molecule has 14 heteroatoms. The number of benzene rings is 1. The SMILES string of the molecule is Cc1ncsc1-c1ccc(CNC(=O)[C@@H]2C[C@@H](O[Si](C)(C)C(C)(C)C)CN2C(=O)[C@@H](NC(=O)C2(F)CC2)C(C)(C)C)c(OCCCCCCCOCCO)c1. The number of unbranched alkanes of at least 4 members (excludes halogenated alkanes) is 4. The van der Waals surface area contributed by atoms with Crippen molar-refractivity contribution in [2.75, 3.05) is 33.0 Å². The Morgan fingerprint density at radius 3 is 2.33 bits per heavy atom. The Morgan fingerprint density at radius 1 is 1.05 bits per heavy atom. The minimum absolute atomic E-state index is 0.0418. The highest BCUT2D eigenvalue weighted by atomic mass is 32.1. The zero-order chi connectivity index (χ0) is 40.6. The summed E-state index contributed by atoms with van der Waals surface area (Å²) in [5.74, 6) is -0.840. The molecule has 2 aromatic rings.